The Balaban J connectivity index is 1.35. The molecule has 0 heterocycles. The summed E-state index contributed by atoms with van der Waals surface area (Å²) in [6.07, 6.45) is -5.21. The molecule has 0 fully saturated rings. The van der Waals surface area contributed by atoms with E-state index in [4.69, 9.17) is 16.3 Å². The Bertz CT molecular complexity index is 1180. The molecule has 3 aromatic rings. The van der Waals surface area contributed by atoms with E-state index in [1.54, 1.807) is 0 Å². The quantitative estimate of drug-likeness (QED) is 0.474. The lowest BCUT2D eigenvalue weighted by molar-refractivity contribution is -0.137. The smallest absolute Gasteiger partial charge is 0.417 e. The third kappa shape index (κ3) is 4.58. The lowest BCUT2D eigenvalue weighted by atomic mass is 9.98. The molecule has 0 spiro atoms. The van der Waals surface area contributed by atoms with Gasteiger partial charge in [0.15, 0.2) is 0 Å². The van der Waals surface area contributed by atoms with Crippen LogP contribution in [0.3, 0.4) is 0 Å². The minimum Gasteiger partial charge on any atom is -0.449 e. The summed E-state index contributed by atoms with van der Waals surface area (Å²) in [5.74, 6) is 5.14. The van der Waals surface area contributed by atoms with E-state index in [2.05, 4.69) is 17.2 Å². The Morgan fingerprint density at radius 3 is 2.25 bits per heavy atom. The van der Waals surface area contributed by atoms with Gasteiger partial charge in [0, 0.05) is 11.5 Å². The highest BCUT2D eigenvalue weighted by atomic mass is 35.5. The number of halogens is 4. The van der Waals surface area contributed by atoms with E-state index in [0.29, 0.717) is 0 Å². The number of hydrogen-bond acceptors (Lipinski definition) is 2. The zero-order valence-corrected chi connectivity index (χ0v) is 17.4. The molecule has 1 N–H and O–H groups in total. The highest BCUT2D eigenvalue weighted by Crippen LogP contribution is 2.44. The van der Waals surface area contributed by atoms with Gasteiger partial charge in [-0.1, -0.05) is 72.0 Å². The molecule has 0 aliphatic heterocycles. The average molecular weight is 456 g/mol. The van der Waals surface area contributed by atoms with Crippen LogP contribution in [-0.2, 0) is 10.9 Å². The average Bonchev–Trinajstić information content (AvgIpc) is 3.09. The van der Waals surface area contributed by atoms with Crippen LogP contribution in [0.5, 0.6) is 0 Å². The summed E-state index contributed by atoms with van der Waals surface area (Å²) in [6.45, 7) is 0.0973. The summed E-state index contributed by atoms with van der Waals surface area (Å²) in [4.78, 5) is 12.1. The van der Waals surface area contributed by atoms with Crippen LogP contribution in [-0.4, -0.2) is 19.2 Å². The Morgan fingerprint density at radius 1 is 1.00 bits per heavy atom. The minimum absolute atomic E-state index is 0.0610. The molecule has 0 radical (unpaired) electrons. The lowest BCUT2D eigenvalue weighted by Crippen LogP contribution is -2.26. The molecule has 1 amide bonds. The number of carbonyl (C=O) groups is 1. The maximum Gasteiger partial charge on any atom is 0.417 e. The maximum atomic E-state index is 12.9. The summed E-state index contributed by atoms with van der Waals surface area (Å²) < 4.78 is 44.1. The standard InChI is InChI=1S/C25H17ClF3NO2/c26-23-12-11-16(14-22(23)25(27,28)29)6-5-13-30-24(31)32-15-21-19-9-3-1-7-17(19)18-8-2-4-10-20(18)21/h1-4,7-12,14,21H,13,15H2,(H,30,31). The number of alkyl carbamates (subject to hydrolysis) is 1. The van der Waals surface area contributed by atoms with Crippen molar-refractivity contribution in [1.82, 2.24) is 5.32 Å². The number of hydrogen-bond donors (Lipinski definition) is 1. The van der Waals surface area contributed by atoms with Crippen molar-refractivity contribution in [2.75, 3.05) is 13.2 Å². The predicted molar refractivity (Wildman–Crippen MR) is 116 cm³/mol. The van der Waals surface area contributed by atoms with Gasteiger partial charge in [-0.2, -0.15) is 13.2 Å². The molecule has 0 bridgehead atoms. The molecule has 0 unspecified atom stereocenters. The molecular weight excluding hydrogens is 439 g/mol. The molecule has 162 valence electrons. The maximum absolute atomic E-state index is 12.9. The number of nitrogens with one attached hydrogen (secondary N) is 1. The van der Waals surface area contributed by atoms with E-state index in [-0.39, 0.29) is 29.7 Å². The van der Waals surface area contributed by atoms with Crippen LogP contribution in [0.25, 0.3) is 11.1 Å². The normalized spacial score (nSPS) is 12.4. The molecule has 3 nitrogen and oxygen atoms in total. The van der Waals surface area contributed by atoms with Crippen molar-refractivity contribution >= 4 is 17.7 Å². The number of rotatable bonds is 3. The van der Waals surface area contributed by atoms with Crippen molar-refractivity contribution in [2.24, 2.45) is 0 Å². The van der Waals surface area contributed by atoms with Crippen molar-refractivity contribution in [3.05, 3.63) is 94.0 Å². The summed E-state index contributed by atoms with van der Waals surface area (Å²) in [7, 11) is 0. The Hall–Kier alpha value is -3.43. The second-order valence-corrected chi connectivity index (χ2v) is 7.58. The molecule has 0 saturated heterocycles. The van der Waals surface area contributed by atoms with Gasteiger partial charge < -0.3 is 10.1 Å². The van der Waals surface area contributed by atoms with Gasteiger partial charge in [-0.05, 0) is 40.5 Å². The highest BCUT2D eigenvalue weighted by molar-refractivity contribution is 6.31. The number of carbonyl (C=O) groups excluding carboxylic acids is 1. The lowest BCUT2D eigenvalue weighted by Gasteiger charge is -2.14. The van der Waals surface area contributed by atoms with Crippen molar-refractivity contribution in [3.63, 3.8) is 0 Å². The third-order valence-electron chi connectivity index (χ3n) is 5.17. The van der Waals surface area contributed by atoms with Gasteiger partial charge >= 0.3 is 12.3 Å². The van der Waals surface area contributed by atoms with Crippen molar-refractivity contribution in [1.29, 1.82) is 0 Å². The van der Waals surface area contributed by atoms with Crippen LogP contribution in [0.4, 0.5) is 18.0 Å². The second kappa shape index (κ2) is 8.97. The molecule has 0 atom stereocenters. The van der Waals surface area contributed by atoms with Crippen molar-refractivity contribution in [3.8, 4) is 23.0 Å². The number of fused-ring (bicyclic) bond motifs is 3. The highest BCUT2D eigenvalue weighted by Gasteiger charge is 2.33. The van der Waals surface area contributed by atoms with Crippen molar-refractivity contribution in [2.45, 2.75) is 12.1 Å². The fraction of sp³-hybridized carbons (Fsp3) is 0.160. The molecule has 7 heteroatoms. The minimum atomic E-state index is -4.56. The SMILES string of the molecule is O=C(NCC#Cc1ccc(Cl)c(C(F)(F)F)c1)OCC1c2ccccc2-c2ccccc21. The van der Waals surface area contributed by atoms with Gasteiger partial charge in [-0.3, -0.25) is 0 Å². The third-order valence-corrected chi connectivity index (χ3v) is 5.50. The monoisotopic (exact) mass is 455 g/mol. The van der Waals surface area contributed by atoms with E-state index in [1.807, 2.05) is 48.5 Å². The number of ether oxygens (including phenoxy) is 1. The van der Waals surface area contributed by atoms with Crippen LogP contribution >= 0.6 is 11.6 Å². The van der Waals surface area contributed by atoms with Crippen LogP contribution in [0.1, 0.15) is 28.2 Å². The van der Waals surface area contributed by atoms with Gasteiger partial charge in [0.2, 0.25) is 0 Å². The van der Waals surface area contributed by atoms with E-state index in [1.165, 1.54) is 6.07 Å². The predicted octanol–water partition coefficient (Wildman–Crippen LogP) is 6.25. The molecule has 1 aliphatic rings. The topological polar surface area (TPSA) is 38.3 Å². The molecule has 3 aromatic carbocycles. The van der Waals surface area contributed by atoms with E-state index >= 15 is 0 Å². The Kier molecular flexibility index (Phi) is 6.11. The van der Waals surface area contributed by atoms with Crippen LogP contribution in [0, 0.1) is 11.8 Å². The van der Waals surface area contributed by atoms with Gasteiger partial charge in [-0.25, -0.2) is 4.79 Å². The largest absolute Gasteiger partial charge is 0.449 e. The van der Waals surface area contributed by atoms with Crippen LogP contribution < -0.4 is 5.32 Å². The van der Waals surface area contributed by atoms with Crippen LogP contribution in [0.2, 0.25) is 5.02 Å². The van der Waals surface area contributed by atoms with Gasteiger partial charge in [0.1, 0.15) is 6.61 Å². The summed E-state index contributed by atoms with van der Waals surface area (Å²) in [6, 6.07) is 19.4. The molecule has 32 heavy (non-hydrogen) atoms. The zero-order chi connectivity index (χ0) is 22.7. The fourth-order valence-electron chi connectivity index (χ4n) is 3.73. The molecule has 0 saturated carbocycles. The first kappa shape index (κ1) is 21.8. The molecule has 0 aromatic heterocycles. The summed E-state index contributed by atoms with van der Waals surface area (Å²) >= 11 is 5.59. The Morgan fingerprint density at radius 2 is 1.62 bits per heavy atom. The van der Waals surface area contributed by atoms with Gasteiger partial charge in [0.25, 0.3) is 0 Å². The molecule has 1 aliphatic carbocycles. The zero-order valence-electron chi connectivity index (χ0n) is 16.7. The number of amides is 1. The molecule has 4 rings (SSSR count). The van der Waals surface area contributed by atoms with E-state index in [9.17, 15) is 18.0 Å². The van der Waals surface area contributed by atoms with E-state index < -0.39 is 17.8 Å². The summed E-state index contributed by atoms with van der Waals surface area (Å²) in [5.41, 5.74) is 3.66. The van der Waals surface area contributed by atoms with Crippen LogP contribution in [0.15, 0.2) is 66.7 Å². The fourth-order valence-corrected chi connectivity index (χ4v) is 3.96. The first-order valence-electron chi connectivity index (χ1n) is 9.79. The van der Waals surface area contributed by atoms with Gasteiger partial charge in [-0.15, -0.1) is 0 Å². The Labute approximate surface area is 188 Å². The first-order chi connectivity index (χ1) is 15.3. The number of benzene rings is 3. The first-order valence-corrected chi connectivity index (χ1v) is 10.2. The van der Waals surface area contributed by atoms with Crippen molar-refractivity contribution < 1.29 is 22.7 Å². The number of alkyl halides is 3. The second-order valence-electron chi connectivity index (χ2n) is 7.17. The van der Waals surface area contributed by atoms with Gasteiger partial charge in [0.05, 0.1) is 17.1 Å². The molecular formula is C25H17ClF3NO2. The van der Waals surface area contributed by atoms with E-state index in [0.717, 1.165) is 34.4 Å². The summed E-state index contributed by atoms with van der Waals surface area (Å²) in [5, 5.41) is 2.11.